The van der Waals surface area contributed by atoms with Gasteiger partial charge in [0.2, 0.25) is 11.4 Å². The lowest BCUT2D eigenvalue weighted by molar-refractivity contribution is -0.689. The Morgan fingerprint density at radius 3 is 2.77 bits per heavy atom. The number of anilines is 1. The summed E-state index contributed by atoms with van der Waals surface area (Å²) < 4.78 is 7.16. The molecule has 0 spiro atoms. The molecule has 0 bridgehead atoms. The van der Waals surface area contributed by atoms with Crippen LogP contribution in [0.5, 0.6) is 0 Å². The molecule has 1 amide bonds. The van der Waals surface area contributed by atoms with Gasteiger partial charge >= 0.3 is 5.97 Å². The summed E-state index contributed by atoms with van der Waals surface area (Å²) in [6.07, 6.45) is 2.05. The number of amides is 1. The van der Waals surface area contributed by atoms with E-state index in [0.29, 0.717) is 24.6 Å². The lowest BCUT2D eigenvalue weighted by atomic mass is 10.2. The molecule has 2 heterocycles. The maximum absolute atomic E-state index is 11.7. The van der Waals surface area contributed by atoms with Crippen LogP contribution in [0.2, 0.25) is 0 Å². The third-order valence-electron chi connectivity index (χ3n) is 3.81. The average Bonchev–Trinajstić information content (AvgIpc) is 2.90. The number of hydrogen-bond acceptors (Lipinski definition) is 8. The molecule has 2 aromatic heterocycles. The van der Waals surface area contributed by atoms with Crippen molar-refractivity contribution in [2.45, 2.75) is 39.3 Å². The van der Waals surface area contributed by atoms with E-state index >= 15 is 0 Å². The highest BCUT2D eigenvalue weighted by Gasteiger charge is 2.20. The van der Waals surface area contributed by atoms with Crippen LogP contribution in [0.25, 0.3) is 0 Å². The Hall–Kier alpha value is -2.59. The Labute approximate surface area is 155 Å². The number of nitrogens with zero attached hydrogens (tertiary/aromatic N) is 3. The number of carbonyl (C=O) groups excluding carboxylic acids is 2. The van der Waals surface area contributed by atoms with Gasteiger partial charge in [-0.2, -0.15) is 4.57 Å². The predicted octanol–water partition coefficient (Wildman–Crippen LogP) is -0.639. The summed E-state index contributed by atoms with van der Waals surface area (Å²) in [7, 11) is 0. The molecular weight excluding hydrogens is 356 g/mol. The molecule has 0 aromatic carbocycles. The highest BCUT2D eigenvalue weighted by molar-refractivity contribution is 7.09. The van der Waals surface area contributed by atoms with Gasteiger partial charge < -0.3 is 21.9 Å². The van der Waals surface area contributed by atoms with E-state index in [9.17, 15) is 9.59 Å². The van der Waals surface area contributed by atoms with Crippen molar-refractivity contribution in [1.29, 1.82) is 0 Å². The standard InChI is InChI=1S/C16H22N6O3S/c1-9-13(3-4-25-16(24)12(17)5-14(18)23)26-8-22(9)7-11-6-20-10(2)21-15(11)19/h6,8,12H,3-5,7,17H2,1-2H3,(H3-,18,19,20,21,23)/p+1/t12-/m0/s1. The molecule has 6 N–H and O–H groups in total. The summed E-state index contributed by atoms with van der Waals surface area (Å²) in [6, 6.07) is -1.02. The Morgan fingerprint density at radius 2 is 2.12 bits per heavy atom. The largest absolute Gasteiger partial charge is 0.464 e. The van der Waals surface area contributed by atoms with Crippen molar-refractivity contribution >= 4 is 29.0 Å². The van der Waals surface area contributed by atoms with Crippen molar-refractivity contribution in [2.24, 2.45) is 11.5 Å². The maximum Gasteiger partial charge on any atom is 0.323 e. The molecule has 140 valence electrons. The number of ether oxygens (including phenoxy) is 1. The van der Waals surface area contributed by atoms with Crippen LogP contribution in [0.4, 0.5) is 5.82 Å². The van der Waals surface area contributed by atoms with Crippen molar-refractivity contribution in [3.8, 4) is 0 Å². The van der Waals surface area contributed by atoms with Gasteiger partial charge in [0.15, 0.2) is 12.2 Å². The van der Waals surface area contributed by atoms with Crippen molar-refractivity contribution in [1.82, 2.24) is 9.97 Å². The molecule has 0 radical (unpaired) electrons. The number of aryl methyl sites for hydroxylation is 1. The highest BCUT2D eigenvalue weighted by atomic mass is 32.1. The molecule has 0 aliphatic heterocycles. The molecule has 0 saturated carbocycles. The molecule has 2 aromatic rings. The maximum atomic E-state index is 11.7. The van der Waals surface area contributed by atoms with Crippen LogP contribution in [-0.2, 0) is 27.3 Å². The fraction of sp³-hybridized carbons (Fsp3) is 0.438. The SMILES string of the molecule is Cc1ncc(C[n+]2csc(CCOC(=O)[C@@H](N)CC(N)=O)c2C)c(N)n1. The molecule has 1 atom stereocenters. The minimum Gasteiger partial charge on any atom is -0.464 e. The summed E-state index contributed by atoms with van der Waals surface area (Å²) in [4.78, 5) is 31.9. The van der Waals surface area contributed by atoms with E-state index in [2.05, 4.69) is 9.97 Å². The van der Waals surface area contributed by atoms with E-state index in [1.54, 1.807) is 24.5 Å². The van der Waals surface area contributed by atoms with Crippen LogP contribution >= 0.6 is 11.3 Å². The highest BCUT2D eigenvalue weighted by Crippen LogP contribution is 2.14. The molecule has 26 heavy (non-hydrogen) atoms. The molecule has 0 saturated heterocycles. The number of nitrogen functional groups attached to an aromatic ring is 1. The predicted molar refractivity (Wildman–Crippen MR) is 96.0 cm³/mol. The van der Waals surface area contributed by atoms with Crippen LogP contribution in [0.3, 0.4) is 0 Å². The minimum absolute atomic E-state index is 0.183. The topological polar surface area (TPSA) is 151 Å². The first-order chi connectivity index (χ1) is 12.3. The zero-order valence-electron chi connectivity index (χ0n) is 14.8. The second kappa shape index (κ2) is 8.68. The van der Waals surface area contributed by atoms with E-state index in [1.165, 1.54) is 0 Å². The summed E-state index contributed by atoms with van der Waals surface area (Å²) in [5.74, 6) is -0.163. The van der Waals surface area contributed by atoms with Gasteiger partial charge in [-0.15, -0.1) is 0 Å². The second-order valence-electron chi connectivity index (χ2n) is 5.88. The van der Waals surface area contributed by atoms with Gasteiger partial charge in [-0.3, -0.25) is 9.59 Å². The van der Waals surface area contributed by atoms with Gasteiger partial charge in [-0.1, -0.05) is 11.3 Å². The first-order valence-electron chi connectivity index (χ1n) is 8.02. The first kappa shape index (κ1) is 19.7. The molecule has 0 aliphatic rings. The molecule has 9 nitrogen and oxygen atoms in total. The number of primary amides is 1. The van der Waals surface area contributed by atoms with Crippen molar-refractivity contribution in [3.63, 3.8) is 0 Å². The van der Waals surface area contributed by atoms with Crippen molar-refractivity contribution in [3.05, 3.63) is 33.7 Å². The normalized spacial score (nSPS) is 12.0. The van der Waals surface area contributed by atoms with E-state index < -0.39 is 17.9 Å². The Bertz CT molecular complexity index is 807. The smallest absolute Gasteiger partial charge is 0.323 e. The number of thiazole rings is 1. The Balaban J connectivity index is 1.92. The minimum atomic E-state index is -1.02. The van der Waals surface area contributed by atoms with Crippen molar-refractivity contribution < 1.29 is 18.9 Å². The molecule has 10 heteroatoms. The molecule has 0 fully saturated rings. The van der Waals surface area contributed by atoms with Gasteiger partial charge in [0, 0.05) is 19.5 Å². The van der Waals surface area contributed by atoms with E-state index in [-0.39, 0.29) is 13.0 Å². The fourth-order valence-electron chi connectivity index (χ4n) is 2.32. The zero-order chi connectivity index (χ0) is 19.3. The van der Waals surface area contributed by atoms with E-state index in [1.807, 2.05) is 17.0 Å². The van der Waals surface area contributed by atoms with Crippen LogP contribution in [0.15, 0.2) is 11.7 Å². The molecular formula is C16H23N6O3S+. The van der Waals surface area contributed by atoms with Crippen LogP contribution in [0, 0.1) is 13.8 Å². The van der Waals surface area contributed by atoms with Gasteiger partial charge in [-0.25, -0.2) is 9.97 Å². The fourth-order valence-corrected chi connectivity index (χ4v) is 3.29. The average molecular weight is 379 g/mol. The van der Waals surface area contributed by atoms with Gasteiger partial charge in [0.25, 0.3) is 0 Å². The Morgan fingerprint density at radius 1 is 1.38 bits per heavy atom. The number of esters is 1. The summed E-state index contributed by atoms with van der Waals surface area (Å²) in [5.41, 5.74) is 20.4. The van der Waals surface area contributed by atoms with Gasteiger partial charge in [-0.05, 0) is 6.92 Å². The van der Waals surface area contributed by atoms with Gasteiger partial charge in [0.1, 0.15) is 17.7 Å². The zero-order valence-corrected chi connectivity index (χ0v) is 15.6. The van der Waals surface area contributed by atoms with Crippen molar-refractivity contribution in [2.75, 3.05) is 12.3 Å². The van der Waals surface area contributed by atoms with E-state index in [4.69, 9.17) is 21.9 Å². The first-order valence-corrected chi connectivity index (χ1v) is 8.90. The van der Waals surface area contributed by atoms with Crippen LogP contribution in [-0.4, -0.2) is 34.5 Å². The number of carbonyl (C=O) groups is 2. The lowest BCUT2D eigenvalue weighted by Crippen LogP contribution is -2.37. The molecule has 0 aliphatic carbocycles. The number of rotatable bonds is 8. The third-order valence-corrected chi connectivity index (χ3v) is 4.96. The third kappa shape index (κ3) is 5.20. The number of aromatic nitrogens is 3. The van der Waals surface area contributed by atoms with Gasteiger partial charge in [0.05, 0.1) is 23.5 Å². The summed E-state index contributed by atoms with van der Waals surface area (Å²) >= 11 is 1.56. The number of nitrogens with two attached hydrogens (primary N) is 3. The quantitative estimate of drug-likeness (QED) is 0.407. The number of hydrogen-bond donors (Lipinski definition) is 3. The monoisotopic (exact) mass is 379 g/mol. The van der Waals surface area contributed by atoms with E-state index in [0.717, 1.165) is 16.1 Å². The summed E-state index contributed by atoms with van der Waals surface area (Å²) in [5, 5.41) is 0. The summed E-state index contributed by atoms with van der Waals surface area (Å²) in [6.45, 7) is 4.52. The van der Waals surface area contributed by atoms with Crippen LogP contribution < -0.4 is 21.8 Å². The molecule has 2 rings (SSSR count). The Kier molecular flexibility index (Phi) is 6.58. The molecule has 0 unspecified atom stereocenters. The van der Waals surface area contributed by atoms with Crippen LogP contribution in [0.1, 0.15) is 28.4 Å². The second-order valence-corrected chi connectivity index (χ2v) is 6.82. The lowest BCUT2D eigenvalue weighted by Gasteiger charge is -2.09.